The fraction of sp³-hybridized carbons (Fsp3) is 0.636. The Morgan fingerprint density at radius 3 is 2.57 bits per heavy atom. The molecule has 2 aromatic rings. The minimum Gasteiger partial charge on any atom is -0.353 e. The summed E-state index contributed by atoms with van der Waals surface area (Å²) in [6, 6.07) is 8.94. The Morgan fingerprint density at radius 2 is 1.80 bits per heavy atom. The third-order valence-electron chi connectivity index (χ3n) is 6.67. The van der Waals surface area contributed by atoms with Crippen LogP contribution in [0.2, 0.25) is 0 Å². The van der Waals surface area contributed by atoms with Gasteiger partial charge >= 0.3 is 6.03 Å². The van der Waals surface area contributed by atoms with Crippen LogP contribution < -0.4 is 15.6 Å². The maximum absolute atomic E-state index is 11.9. The standard InChI is InChI=1S/C22H32N6OS/c29-22(23-18-5-6-18)24-28-11-8-17(9-12-28)7-10-26-13-15-27(16-14-26)21-19-3-1-2-4-20(19)30-25-21/h1-4,17-18H,5-16H2,(H2,23,24,29). The van der Waals surface area contributed by atoms with E-state index in [2.05, 4.69) is 49.8 Å². The molecule has 2 N–H and O–H groups in total. The zero-order valence-electron chi connectivity index (χ0n) is 17.6. The molecule has 162 valence electrons. The number of hydrazine groups is 1. The number of benzene rings is 1. The molecule has 1 saturated carbocycles. The van der Waals surface area contributed by atoms with Gasteiger partial charge in [-0.1, -0.05) is 12.1 Å². The molecule has 1 aromatic heterocycles. The first-order valence-corrected chi connectivity index (χ1v) is 12.2. The number of aromatic nitrogens is 1. The molecule has 2 amide bonds. The molecule has 1 aliphatic carbocycles. The number of hydrogen-bond donors (Lipinski definition) is 2. The lowest BCUT2D eigenvalue weighted by Gasteiger charge is -2.37. The SMILES string of the molecule is O=C(NC1CC1)NN1CCC(CCN2CCN(c3nsc4ccccc34)CC2)CC1. The molecule has 0 radical (unpaired) electrons. The Labute approximate surface area is 182 Å². The van der Waals surface area contributed by atoms with Crippen LogP contribution in [0.5, 0.6) is 0 Å². The van der Waals surface area contributed by atoms with E-state index in [1.54, 1.807) is 11.5 Å². The van der Waals surface area contributed by atoms with E-state index in [1.807, 2.05) is 0 Å². The molecule has 0 bridgehead atoms. The summed E-state index contributed by atoms with van der Waals surface area (Å²) in [7, 11) is 0. The number of hydrogen-bond acceptors (Lipinski definition) is 6. The molecule has 3 fully saturated rings. The van der Waals surface area contributed by atoms with Crippen LogP contribution in [0, 0.1) is 5.92 Å². The molecule has 3 heterocycles. The lowest BCUT2D eigenvalue weighted by molar-refractivity contribution is 0.120. The number of piperazine rings is 1. The fourth-order valence-electron chi connectivity index (χ4n) is 4.57. The summed E-state index contributed by atoms with van der Waals surface area (Å²) < 4.78 is 6.00. The summed E-state index contributed by atoms with van der Waals surface area (Å²) in [6.45, 7) is 7.48. The minimum absolute atomic E-state index is 0.0262. The van der Waals surface area contributed by atoms with E-state index in [9.17, 15) is 4.79 Å². The highest BCUT2D eigenvalue weighted by Gasteiger charge is 2.26. The van der Waals surface area contributed by atoms with Crippen LogP contribution in [0.3, 0.4) is 0 Å². The maximum atomic E-state index is 11.9. The van der Waals surface area contributed by atoms with Crippen molar-refractivity contribution in [3.05, 3.63) is 24.3 Å². The van der Waals surface area contributed by atoms with E-state index in [0.29, 0.717) is 6.04 Å². The van der Waals surface area contributed by atoms with Gasteiger partial charge < -0.3 is 10.2 Å². The molecule has 30 heavy (non-hydrogen) atoms. The molecule has 0 atom stereocenters. The van der Waals surface area contributed by atoms with Crippen LogP contribution in [0.25, 0.3) is 10.1 Å². The highest BCUT2D eigenvalue weighted by molar-refractivity contribution is 7.13. The second-order valence-corrected chi connectivity index (χ2v) is 9.71. The molecule has 2 aliphatic heterocycles. The molecular weight excluding hydrogens is 396 g/mol. The van der Waals surface area contributed by atoms with Crippen molar-refractivity contribution in [1.29, 1.82) is 0 Å². The van der Waals surface area contributed by atoms with E-state index >= 15 is 0 Å². The van der Waals surface area contributed by atoms with Gasteiger partial charge in [-0.15, -0.1) is 0 Å². The van der Waals surface area contributed by atoms with Gasteiger partial charge in [0, 0.05) is 50.7 Å². The minimum atomic E-state index is -0.0262. The van der Waals surface area contributed by atoms with E-state index in [-0.39, 0.29) is 6.03 Å². The summed E-state index contributed by atoms with van der Waals surface area (Å²) in [5, 5.41) is 6.38. The Hall–Kier alpha value is -1.90. The fourth-order valence-corrected chi connectivity index (χ4v) is 5.37. The van der Waals surface area contributed by atoms with Gasteiger partial charge in [-0.3, -0.25) is 10.3 Å². The number of urea groups is 1. The second-order valence-electron chi connectivity index (χ2n) is 8.91. The van der Waals surface area contributed by atoms with Gasteiger partial charge in [-0.25, -0.2) is 9.80 Å². The Morgan fingerprint density at radius 1 is 1.03 bits per heavy atom. The van der Waals surface area contributed by atoms with E-state index in [0.717, 1.165) is 58.0 Å². The van der Waals surface area contributed by atoms with Crippen LogP contribution in [-0.2, 0) is 0 Å². The topological polar surface area (TPSA) is 63.7 Å². The van der Waals surface area contributed by atoms with Gasteiger partial charge in [-0.05, 0) is 68.2 Å². The second kappa shape index (κ2) is 9.08. The lowest BCUT2D eigenvalue weighted by Crippen LogP contribution is -2.51. The first-order chi connectivity index (χ1) is 14.7. The molecule has 0 spiro atoms. The van der Waals surface area contributed by atoms with Gasteiger partial charge in [0.15, 0.2) is 0 Å². The highest BCUT2D eigenvalue weighted by atomic mass is 32.1. The molecule has 2 saturated heterocycles. The smallest absolute Gasteiger partial charge is 0.329 e. The Kier molecular flexibility index (Phi) is 6.06. The summed E-state index contributed by atoms with van der Waals surface area (Å²) in [4.78, 5) is 16.9. The average molecular weight is 429 g/mol. The zero-order valence-corrected chi connectivity index (χ0v) is 18.4. The van der Waals surface area contributed by atoms with Crippen LogP contribution in [0.15, 0.2) is 24.3 Å². The summed E-state index contributed by atoms with van der Waals surface area (Å²) in [5.41, 5.74) is 3.01. The molecule has 3 aliphatic rings. The van der Waals surface area contributed by atoms with Crippen molar-refractivity contribution in [2.24, 2.45) is 5.92 Å². The van der Waals surface area contributed by atoms with Gasteiger partial charge in [0.05, 0.1) is 4.70 Å². The summed E-state index contributed by atoms with van der Waals surface area (Å²) in [6.07, 6.45) is 5.87. The van der Waals surface area contributed by atoms with Crippen molar-refractivity contribution in [2.45, 2.75) is 38.1 Å². The number of anilines is 1. The van der Waals surface area contributed by atoms with Crippen molar-refractivity contribution in [2.75, 3.05) is 50.7 Å². The van der Waals surface area contributed by atoms with E-state index in [1.165, 1.54) is 41.7 Å². The third-order valence-corrected chi connectivity index (χ3v) is 7.49. The van der Waals surface area contributed by atoms with Gasteiger partial charge in [0.25, 0.3) is 0 Å². The Balaban J connectivity index is 1.01. The number of rotatable bonds is 6. The van der Waals surface area contributed by atoms with Crippen LogP contribution >= 0.6 is 11.5 Å². The first-order valence-electron chi connectivity index (χ1n) is 11.4. The predicted molar refractivity (Wildman–Crippen MR) is 122 cm³/mol. The third kappa shape index (κ3) is 4.87. The predicted octanol–water partition coefficient (Wildman–Crippen LogP) is 2.90. The van der Waals surface area contributed by atoms with Crippen molar-refractivity contribution in [3.63, 3.8) is 0 Å². The number of carbonyl (C=O) groups excluding carboxylic acids is 1. The van der Waals surface area contributed by atoms with E-state index in [4.69, 9.17) is 4.37 Å². The monoisotopic (exact) mass is 428 g/mol. The zero-order chi connectivity index (χ0) is 20.3. The van der Waals surface area contributed by atoms with Crippen LogP contribution in [0.1, 0.15) is 32.1 Å². The number of piperidine rings is 1. The molecule has 7 nitrogen and oxygen atoms in total. The van der Waals surface area contributed by atoms with Crippen molar-refractivity contribution in [3.8, 4) is 0 Å². The van der Waals surface area contributed by atoms with Crippen LogP contribution in [0.4, 0.5) is 10.6 Å². The highest BCUT2D eigenvalue weighted by Crippen LogP contribution is 2.30. The van der Waals surface area contributed by atoms with Crippen molar-refractivity contribution >= 4 is 33.5 Å². The maximum Gasteiger partial charge on any atom is 0.329 e. The quantitative estimate of drug-likeness (QED) is 0.741. The van der Waals surface area contributed by atoms with Gasteiger partial charge in [0.2, 0.25) is 0 Å². The summed E-state index contributed by atoms with van der Waals surface area (Å²) >= 11 is 1.61. The number of nitrogens with zero attached hydrogens (tertiary/aromatic N) is 4. The largest absolute Gasteiger partial charge is 0.353 e. The molecular formula is C22H32N6OS. The van der Waals surface area contributed by atoms with Crippen LogP contribution in [-0.4, -0.2) is 72.2 Å². The van der Waals surface area contributed by atoms with Crippen molar-refractivity contribution < 1.29 is 4.79 Å². The molecule has 8 heteroatoms. The van der Waals surface area contributed by atoms with E-state index < -0.39 is 0 Å². The lowest BCUT2D eigenvalue weighted by atomic mass is 9.94. The van der Waals surface area contributed by atoms with Crippen molar-refractivity contribution in [1.82, 2.24) is 25.0 Å². The number of fused-ring (bicyclic) bond motifs is 1. The number of amides is 2. The number of nitrogens with one attached hydrogen (secondary N) is 2. The molecule has 1 aromatic carbocycles. The van der Waals surface area contributed by atoms with Gasteiger partial charge in [0.1, 0.15) is 5.82 Å². The average Bonchev–Trinajstić information content (AvgIpc) is 3.48. The molecule has 5 rings (SSSR count). The molecule has 0 unspecified atom stereocenters. The normalized spacial score (nSPS) is 21.8. The Bertz CT molecular complexity index is 852. The number of carbonyl (C=O) groups is 1. The summed E-state index contributed by atoms with van der Waals surface area (Å²) in [5.74, 6) is 1.94. The first kappa shape index (κ1) is 20.0. The van der Waals surface area contributed by atoms with Gasteiger partial charge in [-0.2, -0.15) is 4.37 Å².